The fourth-order valence-electron chi connectivity index (χ4n) is 1.45. The zero-order valence-electron chi connectivity index (χ0n) is 8.99. The van der Waals surface area contributed by atoms with Gasteiger partial charge in [0.2, 0.25) is 0 Å². The number of nitrogens with two attached hydrogens (primary N) is 1. The van der Waals surface area contributed by atoms with E-state index >= 15 is 0 Å². The van der Waals surface area contributed by atoms with Gasteiger partial charge in [-0.2, -0.15) is 0 Å². The monoisotopic (exact) mass is 327 g/mol. The van der Waals surface area contributed by atoms with E-state index in [2.05, 4.69) is 28.1 Å². The van der Waals surface area contributed by atoms with Gasteiger partial charge in [0.1, 0.15) is 0 Å². The van der Waals surface area contributed by atoms with Gasteiger partial charge in [-0.25, -0.2) is 0 Å². The Morgan fingerprint density at radius 1 is 1.18 bits per heavy atom. The predicted molar refractivity (Wildman–Crippen MR) is 77.6 cm³/mol. The summed E-state index contributed by atoms with van der Waals surface area (Å²) in [6, 6.07) is 14.0. The summed E-state index contributed by atoms with van der Waals surface area (Å²) in [7, 11) is 0. The average molecular weight is 329 g/mol. The highest BCUT2D eigenvalue weighted by atomic mass is 79.9. The minimum absolute atomic E-state index is 0.537. The average Bonchev–Trinajstić information content (AvgIpc) is 2.31. The molecular formula is C13H11BrClNS. The maximum Gasteiger partial charge on any atom is 0.0545 e. The van der Waals surface area contributed by atoms with E-state index in [9.17, 15) is 0 Å². The summed E-state index contributed by atoms with van der Waals surface area (Å²) in [5, 5.41) is 0.770. The van der Waals surface area contributed by atoms with Crippen molar-refractivity contribution in [2.45, 2.75) is 16.3 Å². The van der Waals surface area contributed by atoms with Crippen LogP contribution in [0.2, 0.25) is 5.02 Å². The summed E-state index contributed by atoms with van der Waals surface area (Å²) in [4.78, 5) is 2.18. The van der Waals surface area contributed by atoms with Crippen molar-refractivity contribution in [1.82, 2.24) is 0 Å². The van der Waals surface area contributed by atoms with Crippen LogP contribution >= 0.6 is 39.3 Å². The largest absolute Gasteiger partial charge is 0.326 e. The SMILES string of the molecule is NCc1cc(Br)cc(Sc2ccccc2Cl)c1. The van der Waals surface area contributed by atoms with Gasteiger partial charge in [0.05, 0.1) is 5.02 Å². The van der Waals surface area contributed by atoms with Gasteiger partial charge >= 0.3 is 0 Å². The van der Waals surface area contributed by atoms with Crippen LogP contribution in [-0.4, -0.2) is 0 Å². The first-order valence-electron chi connectivity index (χ1n) is 5.11. The summed E-state index contributed by atoms with van der Waals surface area (Å²) in [6.45, 7) is 0.537. The number of rotatable bonds is 3. The molecule has 88 valence electrons. The highest BCUT2D eigenvalue weighted by Gasteiger charge is 2.04. The van der Waals surface area contributed by atoms with Gasteiger partial charge in [0.15, 0.2) is 0 Å². The molecule has 0 radical (unpaired) electrons. The van der Waals surface area contributed by atoms with Crippen LogP contribution in [-0.2, 0) is 6.54 Å². The first-order chi connectivity index (χ1) is 8.19. The molecule has 17 heavy (non-hydrogen) atoms. The maximum absolute atomic E-state index is 6.13. The molecule has 0 spiro atoms. The van der Waals surface area contributed by atoms with E-state index in [0.29, 0.717) is 6.54 Å². The van der Waals surface area contributed by atoms with Gasteiger partial charge in [-0.3, -0.25) is 0 Å². The maximum atomic E-state index is 6.13. The van der Waals surface area contributed by atoms with E-state index in [1.165, 1.54) is 0 Å². The Bertz CT molecular complexity index is 531. The van der Waals surface area contributed by atoms with Gasteiger partial charge in [0, 0.05) is 20.8 Å². The third kappa shape index (κ3) is 3.49. The summed E-state index contributed by atoms with van der Waals surface area (Å²) in [5.41, 5.74) is 6.76. The molecule has 0 unspecified atom stereocenters. The van der Waals surface area contributed by atoms with Crippen LogP contribution in [0.3, 0.4) is 0 Å². The zero-order chi connectivity index (χ0) is 12.3. The molecule has 0 atom stereocenters. The fourth-order valence-corrected chi connectivity index (χ4v) is 3.36. The zero-order valence-corrected chi connectivity index (χ0v) is 12.1. The normalized spacial score (nSPS) is 10.5. The molecule has 1 nitrogen and oxygen atoms in total. The van der Waals surface area contributed by atoms with E-state index in [1.54, 1.807) is 11.8 Å². The smallest absolute Gasteiger partial charge is 0.0545 e. The first kappa shape index (κ1) is 13.0. The molecule has 0 fully saturated rings. The molecule has 2 aromatic rings. The standard InChI is InChI=1S/C13H11BrClNS/c14-10-5-9(8-16)6-11(7-10)17-13-4-2-1-3-12(13)15/h1-7H,8,16H2. The van der Waals surface area contributed by atoms with Crippen molar-refractivity contribution in [2.24, 2.45) is 5.73 Å². The summed E-state index contributed by atoms with van der Waals surface area (Å²) in [5.74, 6) is 0. The Kier molecular flexibility index (Phi) is 4.51. The highest BCUT2D eigenvalue weighted by molar-refractivity contribution is 9.10. The lowest BCUT2D eigenvalue weighted by atomic mass is 10.2. The molecule has 2 N–H and O–H groups in total. The van der Waals surface area contributed by atoms with Gasteiger partial charge in [-0.05, 0) is 35.9 Å². The second kappa shape index (κ2) is 5.91. The second-order valence-corrected chi connectivity index (χ2v) is 5.97. The summed E-state index contributed by atoms with van der Waals surface area (Å²) in [6.07, 6.45) is 0. The summed E-state index contributed by atoms with van der Waals surface area (Å²) >= 11 is 11.3. The van der Waals surface area contributed by atoms with Crippen LogP contribution in [0.1, 0.15) is 5.56 Å². The van der Waals surface area contributed by atoms with Crippen LogP contribution in [0.4, 0.5) is 0 Å². The van der Waals surface area contributed by atoms with Gasteiger partial charge in [-0.15, -0.1) is 0 Å². The minimum Gasteiger partial charge on any atom is -0.326 e. The summed E-state index contributed by atoms with van der Waals surface area (Å²) < 4.78 is 1.04. The van der Waals surface area contributed by atoms with Crippen LogP contribution in [0.5, 0.6) is 0 Å². The Balaban J connectivity index is 2.30. The Labute approximate surface area is 118 Å². The van der Waals surface area contributed by atoms with Crippen molar-refractivity contribution >= 4 is 39.3 Å². The minimum atomic E-state index is 0.537. The molecule has 0 aliphatic rings. The molecule has 0 aliphatic heterocycles. The Morgan fingerprint density at radius 3 is 2.65 bits per heavy atom. The second-order valence-electron chi connectivity index (χ2n) is 3.53. The third-order valence-corrected chi connectivity index (χ3v) is 4.18. The lowest BCUT2D eigenvalue weighted by molar-refractivity contribution is 1.06. The van der Waals surface area contributed by atoms with E-state index < -0.39 is 0 Å². The molecule has 0 heterocycles. The molecule has 0 aromatic heterocycles. The molecule has 0 amide bonds. The van der Waals surface area contributed by atoms with E-state index in [0.717, 1.165) is 24.8 Å². The quantitative estimate of drug-likeness (QED) is 0.883. The highest BCUT2D eigenvalue weighted by Crippen LogP contribution is 2.34. The van der Waals surface area contributed by atoms with Crippen molar-refractivity contribution in [3.8, 4) is 0 Å². The molecule has 0 saturated carbocycles. The van der Waals surface area contributed by atoms with Gasteiger partial charge in [0.25, 0.3) is 0 Å². The van der Waals surface area contributed by atoms with Crippen molar-refractivity contribution in [1.29, 1.82) is 0 Å². The molecule has 2 aromatic carbocycles. The topological polar surface area (TPSA) is 26.0 Å². The van der Waals surface area contributed by atoms with Crippen LogP contribution < -0.4 is 5.73 Å². The van der Waals surface area contributed by atoms with E-state index in [1.807, 2.05) is 30.3 Å². The van der Waals surface area contributed by atoms with Crippen molar-refractivity contribution < 1.29 is 0 Å². The van der Waals surface area contributed by atoms with Crippen molar-refractivity contribution in [2.75, 3.05) is 0 Å². The fraction of sp³-hybridized carbons (Fsp3) is 0.0769. The van der Waals surface area contributed by atoms with Crippen molar-refractivity contribution in [3.05, 3.63) is 57.5 Å². The number of hydrogen-bond donors (Lipinski definition) is 1. The van der Waals surface area contributed by atoms with Crippen LogP contribution in [0.15, 0.2) is 56.7 Å². The first-order valence-corrected chi connectivity index (χ1v) is 7.09. The van der Waals surface area contributed by atoms with E-state index in [4.69, 9.17) is 17.3 Å². The van der Waals surface area contributed by atoms with Gasteiger partial charge < -0.3 is 5.73 Å². The van der Waals surface area contributed by atoms with E-state index in [-0.39, 0.29) is 0 Å². The Hall–Kier alpha value is -0.480. The molecule has 0 aliphatic carbocycles. The van der Waals surface area contributed by atoms with Crippen molar-refractivity contribution in [3.63, 3.8) is 0 Å². The van der Waals surface area contributed by atoms with Crippen LogP contribution in [0, 0.1) is 0 Å². The molecule has 0 saturated heterocycles. The molecule has 4 heteroatoms. The number of benzene rings is 2. The Morgan fingerprint density at radius 2 is 1.94 bits per heavy atom. The molecular weight excluding hydrogens is 318 g/mol. The van der Waals surface area contributed by atoms with Crippen LogP contribution in [0.25, 0.3) is 0 Å². The predicted octanol–water partition coefficient (Wildman–Crippen LogP) is 4.71. The third-order valence-electron chi connectivity index (χ3n) is 2.23. The number of hydrogen-bond acceptors (Lipinski definition) is 2. The lowest BCUT2D eigenvalue weighted by Gasteiger charge is -2.06. The number of halogens is 2. The van der Waals surface area contributed by atoms with Gasteiger partial charge in [-0.1, -0.05) is 51.4 Å². The molecule has 2 rings (SSSR count). The lowest BCUT2D eigenvalue weighted by Crippen LogP contribution is -1.96. The molecule has 0 bridgehead atoms.